The molecule has 5 heterocycles. The number of rotatable bonds is 30. The predicted octanol–water partition coefficient (Wildman–Crippen LogP) is 6.14. The van der Waals surface area contributed by atoms with Gasteiger partial charge in [0, 0.05) is 6.42 Å². The Bertz CT molecular complexity index is 2840. The molecule has 1 fully saturated rings. The van der Waals surface area contributed by atoms with Crippen LogP contribution in [-0.4, -0.2) is 169 Å². The molecular weight excluding hydrogens is 1170 g/mol. The van der Waals surface area contributed by atoms with Crippen LogP contribution in [0.15, 0.2) is 25.3 Å². The Balaban J connectivity index is 0.000000398. The van der Waals surface area contributed by atoms with Gasteiger partial charge >= 0.3 is 57.7 Å². The molecule has 4 aromatic rings. The molecule has 4 aromatic heterocycles. The van der Waals surface area contributed by atoms with E-state index >= 15 is 0 Å². The second-order valence-electron chi connectivity index (χ2n) is 18.1. The number of nitrogens with zero attached hydrogens (tertiary/aromatic N) is 8. The average Bonchev–Trinajstić information content (AvgIpc) is 3.03. The van der Waals surface area contributed by atoms with Crippen LogP contribution in [0.2, 0.25) is 0 Å². The first kappa shape index (κ1) is 70.5. The zero-order chi connectivity index (χ0) is 62.6. The van der Waals surface area contributed by atoms with Gasteiger partial charge in [-0.15, -0.1) is 0 Å². The molecule has 468 valence electrons. The standard InChI is InChI=1S/C23H34N5O13P.C19H30N5O10P.C4H4O3/c1-14(2)40-22(32)35-11-38-42(34,39-12-36-23(33)41-15(3)4)13-37-16(5)8-28-10-26-19-20(24-9-25-21(19)28)27-17(29)6-7-18(30)31;1-12(2)33-18(25)28-9-31-35(27,32-10-29-19(26)34-13(3)4)11-30-14(5)6-24-8-23-15-16(20)21-7-22-17(15)24;5-3-1-2-4(6)7-3/h9-10,14-16H,6-8,11-13H2,1-5H3,(H,30,31)(H,24,25,27,29);7-8,12-14H,6,9-11H2,1-5H3,(H2,20,21,22);1-2H2/t16-;14-;/m11./s1. The molecule has 84 heavy (non-hydrogen) atoms. The van der Waals surface area contributed by atoms with E-state index in [1.807, 2.05) is 0 Å². The number of carboxylic acids is 1. The third-order valence-electron chi connectivity index (χ3n) is 9.39. The molecule has 0 aromatic carbocycles. The highest BCUT2D eigenvalue weighted by atomic mass is 31.2. The monoisotopic (exact) mass is 1240 g/mol. The summed E-state index contributed by atoms with van der Waals surface area (Å²) < 4.78 is 104. The summed E-state index contributed by atoms with van der Waals surface area (Å²) in [5, 5.41) is 11.3. The molecule has 1 aliphatic rings. The minimum absolute atomic E-state index is 0.0981. The number of hydrogen-bond acceptors (Lipinski definition) is 32. The number of carbonyl (C=O) groups excluding carboxylic acids is 7. The number of fused-ring (bicyclic) bond motifs is 2. The van der Waals surface area contributed by atoms with Gasteiger partial charge in [-0.2, -0.15) is 0 Å². The zero-order valence-electron chi connectivity index (χ0n) is 47.5. The second-order valence-corrected chi connectivity index (χ2v) is 22.1. The fraction of sp³-hybridized carbons (Fsp3) is 0.609. The number of anilines is 2. The molecule has 1 saturated heterocycles. The van der Waals surface area contributed by atoms with Crippen molar-refractivity contribution in [1.29, 1.82) is 0 Å². The molecular formula is C46H68N10O26P2. The lowest BCUT2D eigenvalue weighted by molar-refractivity contribution is -0.152. The van der Waals surface area contributed by atoms with Crippen molar-refractivity contribution in [3.8, 4) is 0 Å². The van der Waals surface area contributed by atoms with Gasteiger partial charge in [-0.05, 0) is 69.2 Å². The van der Waals surface area contributed by atoms with E-state index in [0.29, 0.717) is 16.8 Å². The van der Waals surface area contributed by atoms with Gasteiger partial charge in [-0.25, -0.2) is 49.1 Å². The van der Waals surface area contributed by atoms with Crippen molar-refractivity contribution in [3.63, 3.8) is 0 Å². The Kier molecular flexibility index (Phi) is 29.8. The van der Waals surface area contributed by atoms with Gasteiger partial charge in [0.05, 0.1) is 81.6 Å². The molecule has 36 nitrogen and oxygen atoms in total. The van der Waals surface area contributed by atoms with Gasteiger partial charge < -0.3 is 77.4 Å². The molecule has 0 spiro atoms. The molecule has 2 atom stereocenters. The van der Waals surface area contributed by atoms with E-state index in [2.05, 4.69) is 40.0 Å². The summed E-state index contributed by atoms with van der Waals surface area (Å²) in [5.41, 5.74) is 7.31. The molecule has 38 heteroatoms. The lowest BCUT2D eigenvalue weighted by atomic mass is 10.3. The Labute approximate surface area is 479 Å². The number of carbonyl (C=O) groups is 8. The quantitative estimate of drug-likeness (QED) is 0.0173. The number of aromatic nitrogens is 8. The van der Waals surface area contributed by atoms with Crippen LogP contribution in [0.25, 0.3) is 22.3 Å². The van der Waals surface area contributed by atoms with Crippen molar-refractivity contribution >= 4 is 97.6 Å². The van der Waals surface area contributed by atoms with Crippen molar-refractivity contribution in [2.45, 2.75) is 145 Å². The third kappa shape index (κ3) is 27.6. The highest BCUT2D eigenvalue weighted by molar-refractivity contribution is 7.53. The summed E-state index contributed by atoms with van der Waals surface area (Å²) in [6, 6.07) is 0. The minimum atomic E-state index is -4.16. The topological polar surface area (TPSA) is 455 Å². The summed E-state index contributed by atoms with van der Waals surface area (Å²) in [6.07, 6.45) is -2.91. The molecule has 5 rings (SSSR count). The van der Waals surface area contributed by atoms with E-state index in [1.54, 1.807) is 78.4 Å². The molecule has 1 aliphatic heterocycles. The van der Waals surface area contributed by atoms with Gasteiger partial charge in [0.2, 0.25) is 33.1 Å². The Morgan fingerprint density at radius 3 is 1.30 bits per heavy atom. The molecule has 0 aliphatic carbocycles. The number of nitrogens with one attached hydrogen (secondary N) is 1. The van der Waals surface area contributed by atoms with Crippen LogP contribution in [0.3, 0.4) is 0 Å². The van der Waals surface area contributed by atoms with E-state index in [1.165, 1.54) is 25.3 Å². The Morgan fingerprint density at radius 1 is 0.571 bits per heavy atom. The van der Waals surface area contributed by atoms with E-state index in [-0.39, 0.29) is 55.9 Å². The summed E-state index contributed by atoms with van der Waals surface area (Å²) >= 11 is 0. The van der Waals surface area contributed by atoms with Gasteiger partial charge in [-0.3, -0.25) is 46.4 Å². The number of cyclic esters (lactones) is 2. The number of aliphatic carboxylic acids is 1. The van der Waals surface area contributed by atoms with Gasteiger partial charge in [0.25, 0.3) is 0 Å². The van der Waals surface area contributed by atoms with Crippen LogP contribution in [-0.2, 0) is 112 Å². The van der Waals surface area contributed by atoms with E-state index in [0.717, 1.165) is 0 Å². The highest BCUT2D eigenvalue weighted by Gasteiger charge is 2.31. The summed E-state index contributed by atoms with van der Waals surface area (Å²) in [5.74, 6) is -2.13. The first-order chi connectivity index (χ1) is 39.5. The van der Waals surface area contributed by atoms with Crippen molar-refractivity contribution in [3.05, 3.63) is 25.3 Å². The molecule has 4 N–H and O–H groups in total. The number of esters is 2. The van der Waals surface area contributed by atoms with E-state index in [4.69, 9.17) is 76.3 Å². The van der Waals surface area contributed by atoms with Gasteiger partial charge in [-0.1, -0.05) is 0 Å². The van der Waals surface area contributed by atoms with Crippen molar-refractivity contribution in [1.82, 2.24) is 39.0 Å². The fourth-order valence-corrected chi connectivity index (χ4v) is 8.01. The van der Waals surface area contributed by atoms with Crippen molar-refractivity contribution < 1.29 is 123 Å². The van der Waals surface area contributed by atoms with Crippen LogP contribution in [0, 0.1) is 0 Å². The molecule has 0 bridgehead atoms. The number of carboxylic acid groups (broad SMARTS) is 1. The third-order valence-corrected chi connectivity index (χ3v) is 12.3. The molecule has 0 unspecified atom stereocenters. The minimum Gasteiger partial charge on any atom is -0.481 e. The SMILES string of the molecule is CC(C)OC(=O)OCOP(=O)(CO[C@H](C)Cn1cnc2c(N)ncnc21)OCOC(=O)OC(C)C.CC(C)OC(=O)OCOP(=O)(CO[C@H](C)Cn1cnc2c(NC(=O)CCC(=O)O)ncnc21)OCOC(=O)OC(C)C.O=C1CCC(=O)O1. The number of ether oxygens (including phenoxy) is 11. The number of nitrogens with two attached hydrogens (primary N) is 1. The Morgan fingerprint density at radius 2 is 0.940 bits per heavy atom. The highest BCUT2D eigenvalue weighted by Crippen LogP contribution is 2.49. The van der Waals surface area contributed by atoms with Crippen molar-refractivity contribution in [2.75, 3.05) is 50.9 Å². The predicted molar refractivity (Wildman–Crippen MR) is 282 cm³/mol. The normalized spacial score (nSPS) is 13.1. The van der Waals surface area contributed by atoms with Crippen LogP contribution < -0.4 is 11.1 Å². The number of amides is 1. The lowest BCUT2D eigenvalue weighted by Gasteiger charge is -2.21. The number of hydrogen-bond donors (Lipinski definition) is 3. The first-order valence-electron chi connectivity index (χ1n) is 25.2. The van der Waals surface area contributed by atoms with Crippen LogP contribution in [0.1, 0.15) is 94.9 Å². The van der Waals surface area contributed by atoms with E-state index in [9.17, 15) is 47.5 Å². The molecule has 1 amide bonds. The van der Waals surface area contributed by atoms with Gasteiger partial charge in [0.1, 0.15) is 30.9 Å². The first-order valence-corrected chi connectivity index (χ1v) is 28.7. The molecule has 0 saturated carbocycles. The zero-order valence-corrected chi connectivity index (χ0v) is 49.3. The van der Waals surface area contributed by atoms with Crippen LogP contribution in [0.4, 0.5) is 30.8 Å². The summed E-state index contributed by atoms with van der Waals surface area (Å²) in [6.45, 7) is 13.6. The van der Waals surface area contributed by atoms with Crippen LogP contribution >= 0.6 is 15.2 Å². The second kappa shape index (κ2) is 35.4. The summed E-state index contributed by atoms with van der Waals surface area (Å²) in [4.78, 5) is 114. The number of imidazole rings is 2. The smallest absolute Gasteiger partial charge is 0.481 e. The lowest BCUT2D eigenvalue weighted by Crippen LogP contribution is -2.20. The maximum absolute atomic E-state index is 13.2. The molecule has 0 radical (unpaired) electrons. The number of nitrogen functional groups attached to an aromatic ring is 1. The maximum Gasteiger partial charge on any atom is 0.510 e. The fourth-order valence-electron chi connectivity index (χ4n) is 5.83. The van der Waals surface area contributed by atoms with Crippen LogP contribution in [0.5, 0.6) is 0 Å². The van der Waals surface area contributed by atoms with Crippen molar-refractivity contribution in [2.24, 2.45) is 0 Å². The Hall–Kier alpha value is -7.72. The van der Waals surface area contributed by atoms with Gasteiger partial charge in [0.15, 0.2) is 28.4 Å². The largest absolute Gasteiger partial charge is 0.510 e. The van der Waals surface area contributed by atoms with E-state index < -0.39 is 140 Å². The summed E-state index contributed by atoms with van der Waals surface area (Å²) in [7, 11) is -8.22. The maximum atomic E-state index is 13.2. The average molecular weight is 1240 g/mol.